The zero-order valence-corrected chi connectivity index (χ0v) is 7.36. The summed E-state index contributed by atoms with van der Waals surface area (Å²) < 4.78 is 23.9. The highest BCUT2D eigenvalue weighted by atomic mass is 33.1. The largest absolute Gasteiger partial charge is 0.212 e. The third-order valence-electron chi connectivity index (χ3n) is 0.477. The molecule has 0 nitrogen and oxygen atoms in total. The molecule has 0 saturated carbocycles. The third-order valence-corrected chi connectivity index (χ3v) is 2.34. The number of allylic oxidation sites excluding steroid dienone is 2. The Morgan fingerprint density at radius 2 is 1.30 bits per heavy atom. The molecule has 10 heavy (non-hydrogen) atoms. The van der Waals surface area contributed by atoms with Gasteiger partial charge in [-0.2, -0.15) is 0 Å². The van der Waals surface area contributed by atoms with Gasteiger partial charge in [0.05, 0.1) is 0 Å². The normalized spacial score (nSPS) is 14.0. The summed E-state index contributed by atoms with van der Waals surface area (Å²) in [5.74, 6) is -0.523. The number of hydrogen-bond acceptors (Lipinski definition) is 2. The van der Waals surface area contributed by atoms with Crippen LogP contribution in [0.2, 0.25) is 0 Å². The fourth-order valence-corrected chi connectivity index (χ4v) is 1.69. The average Bonchev–Trinajstić information content (AvgIpc) is 1.79. The smallest absolute Gasteiger partial charge is 0.104 e. The zero-order valence-electron chi connectivity index (χ0n) is 5.73. The molecule has 0 aliphatic rings. The van der Waals surface area contributed by atoms with E-state index in [-0.39, 0.29) is 11.7 Å². The zero-order chi connectivity index (χ0) is 7.98. The Kier molecular flexibility index (Phi) is 5.82. The molecular weight excluding hydrogens is 174 g/mol. The summed E-state index contributed by atoms with van der Waals surface area (Å²) in [6.45, 7) is 2.69. The SMILES string of the molecule is CC(F)=CSSC=C(C)F. The van der Waals surface area contributed by atoms with Gasteiger partial charge in [0.1, 0.15) is 11.7 Å². The molecule has 0 bridgehead atoms. The average molecular weight is 182 g/mol. The first kappa shape index (κ1) is 10.0. The van der Waals surface area contributed by atoms with Crippen molar-refractivity contribution in [2.75, 3.05) is 0 Å². The van der Waals surface area contributed by atoms with Crippen LogP contribution in [-0.4, -0.2) is 0 Å². The summed E-state index contributed by atoms with van der Waals surface area (Å²) >= 11 is 0. The van der Waals surface area contributed by atoms with Gasteiger partial charge in [-0.15, -0.1) is 0 Å². The first-order valence-electron chi connectivity index (χ1n) is 2.59. The predicted octanol–water partition coefficient (Wildman–Crippen LogP) is 4.03. The molecule has 0 aromatic carbocycles. The summed E-state index contributed by atoms with van der Waals surface area (Å²) in [6.07, 6.45) is 0. The van der Waals surface area contributed by atoms with Crippen molar-refractivity contribution in [2.45, 2.75) is 13.8 Å². The monoisotopic (exact) mass is 182 g/mol. The maximum atomic E-state index is 11.9. The molecule has 0 spiro atoms. The van der Waals surface area contributed by atoms with Crippen LogP contribution < -0.4 is 0 Å². The van der Waals surface area contributed by atoms with Crippen molar-refractivity contribution in [3.05, 3.63) is 22.5 Å². The Labute approximate surface area is 67.2 Å². The van der Waals surface area contributed by atoms with Gasteiger partial charge in [0.2, 0.25) is 0 Å². The lowest BCUT2D eigenvalue weighted by atomic mass is 10.7. The van der Waals surface area contributed by atoms with E-state index in [0.29, 0.717) is 0 Å². The standard InChI is InChI=1S/C6H8F2S2/c1-5(7)3-9-10-4-6(2)8/h3-4H,1-2H3. The maximum absolute atomic E-state index is 11.9. The maximum Gasteiger partial charge on any atom is 0.104 e. The molecule has 0 radical (unpaired) electrons. The van der Waals surface area contributed by atoms with Crippen molar-refractivity contribution in [1.82, 2.24) is 0 Å². The topological polar surface area (TPSA) is 0 Å². The van der Waals surface area contributed by atoms with Crippen LogP contribution in [0, 0.1) is 0 Å². The quantitative estimate of drug-likeness (QED) is 0.477. The van der Waals surface area contributed by atoms with Crippen LogP contribution in [0.4, 0.5) is 8.78 Å². The van der Waals surface area contributed by atoms with Crippen LogP contribution in [0.15, 0.2) is 22.5 Å². The van der Waals surface area contributed by atoms with Gasteiger partial charge in [0.15, 0.2) is 0 Å². The van der Waals surface area contributed by atoms with Gasteiger partial charge in [-0.1, -0.05) is 21.6 Å². The minimum Gasteiger partial charge on any atom is -0.212 e. The van der Waals surface area contributed by atoms with E-state index in [0.717, 1.165) is 21.6 Å². The molecule has 0 fully saturated rings. The highest BCUT2D eigenvalue weighted by Gasteiger charge is 1.84. The van der Waals surface area contributed by atoms with Gasteiger partial charge in [-0.3, -0.25) is 0 Å². The van der Waals surface area contributed by atoms with Crippen molar-refractivity contribution in [2.24, 2.45) is 0 Å². The molecule has 0 N–H and O–H groups in total. The van der Waals surface area contributed by atoms with E-state index in [2.05, 4.69) is 0 Å². The summed E-state index contributed by atoms with van der Waals surface area (Å²) in [5, 5.41) is 2.65. The summed E-state index contributed by atoms with van der Waals surface area (Å²) in [7, 11) is 2.31. The molecule has 0 aromatic rings. The third kappa shape index (κ3) is 8.04. The second-order valence-corrected chi connectivity index (χ2v) is 3.61. The molecule has 4 heteroatoms. The van der Waals surface area contributed by atoms with Crippen LogP contribution in [-0.2, 0) is 0 Å². The van der Waals surface area contributed by atoms with Crippen LogP contribution >= 0.6 is 21.6 Å². The van der Waals surface area contributed by atoms with Crippen LogP contribution in [0.5, 0.6) is 0 Å². The Hall–Kier alpha value is 0.0400. The molecule has 0 amide bonds. The van der Waals surface area contributed by atoms with E-state index in [4.69, 9.17) is 0 Å². The number of rotatable bonds is 3. The minimum absolute atomic E-state index is 0.262. The Morgan fingerprint density at radius 3 is 1.50 bits per heavy atom. The van der Waals surface area contributed by atoms with E-state index in [1.54, 1.807) is 0 Å². The van der Waals surface area contributed by atoms with Crippen LogP contribution in [0.25, 0.3) is 0 Å². The molecule has 0 rings (SSSR count). The second-order valence-electron chi connectivity index (χ2n) is 1.60. The number of halogens is 2. The summed E-state index contributed by atoms with van der Waals surface area (Å²) in [6, 6.07) is 0. The lowest BCUT2D eigenvalue weighted by Crippen LogP contribution is -1.54. The lowest BCUT2D eigenvalue weighted by Gasteiger charge is -1.86. The van der Waals surface area contributed by atoms with E-state index in [9.17, 15) is 8.78 Å². The van der Waals surface area contributed by atoms with Crippen LogP contribution in [0.3, 0.4) is 0 Å². The van der Waals surface area contributed by atoms with E-state index >= 15 is 0 Å². The Bertz CT molecular complexity index is 126. The van der Waals surface area contributed by atoms with Crippen molar-refractivity contribution in [3.8, 4) is 0 Å². The number of hydrogen-bond donors (Lipinski definition) is 0. The second kappa shape index (κ2) is 5.80. The van der Waals surface area contributed by atoms with Gasteiger partial charge in [0, 0.05) is 10.8 Å². The predicted molar refractivity (Wildman–Crippen MR) is 44.9 cm³/mol. The molecule has 0 unspecified atom stereocenters. The lowest BCUT2D eigenvalue weighted by molar-refractivity contribution is 0.642. The molecule has 0 heterocycles. The Balaban J connectivity index is 3.39. The van der Waals surface area contributed by atoms with Gasteiger partial charge >= 0.3 is 0 Å². The molecule has 58 valence electrons. The molecule has 0 saturated heterocycles. The van der Waals surface area contributed by atoms with Gasteiger partial charge in [-0.05, 0) is 13.8 Å². The van der Waals surface area contributed by atoms with Crippen molar-refractivity contribution in [3.63, 3.8) is 0 Å². The van der Waals surface area contributed by atoms with Crippen LogP contribution in [0.1, 0.15) is 13.8 Å². The molecule has 0 atom stereocenters. The molecule has 0 aliphatic heterocycles. The van der Waals surface area contributed by atoms with E-state index < -0.39 is 0 Å². The first-order valence-corrected chi connectivity index (χ1v) is 4.87. The first-order chi connectivity index (χ1) is 4.63. The van der Waals surface area contributed by atoms with Gasteiger partial charge in [0.25, 0.3) is 0 Å². The molecular formula is C6H8F2S2. The fraction of sp³-hybridized carbons (Fsp3) is 0.333. The van der Waals surface area contributed by atoms with Crippen molar-refractivity contribution >= 4 is 21.6 Å². The molecule has 0 aliphatic carbocycles. The highest BCUT2D eigenvalue weighted by Crippen LogP contribution is 2.26. The molecule has 0 aromatic heterocycles. The van der Waals surface area contributed by atoms with Crippen molar-refractivity contribution in [1.29, 1.82) is 0 Å². The fourth-order valence-electron chi connectivity index (χ4n) is 0.188. The van der Waals surface area contributed by atoms with Gasteiger partial charge in [-0.25, -0.2) is 8.78 Å². The highest BCUT2D eigenvalue weighted by molar-refractivity contribution is 8.78. The van der Waals surface area contributed by atoms with E-state index in [1.165, 1.54) is 24.7 Å². The van der Waals surface area contributed by atoms with Gasteiger partial charge < -0.3 is 0 Å². The summed E-state index contributed by atoms with van der Waals surface area (Å²) in [5.41, 5.74) is 0. The van der Waals surface area contributed by atoms with Crippen molar-refractivity contribution < 1.29 is 8.78 Å². The summed E-state index contributed by atoms with van der Waals surface area (Å²) in [4.78, 5) is 0. The van der Waals surface area contributed by atoms with E-state index in [1.807, 2.05) is 0 Å². The Morgan fingerprint density at radius 1 is 1.00 bits per heavy atom. The minimum atomic E-state index is -0.262.